The number of imide groups is 1. The number of hydrogen-bond donors (Lipinski definition) is 1. The normalized spacial score (nSPS) is 12.4. The maximum atomic E-state index is 12.7. The van der Waals surface area contributed by atoms with Crippen LogP contribution in [0.5, 0.6) is 0 Å². The summed E-state index contributed by atoms with van der Waals surface area (Å²) in [4.78, 5) is 51.1. The van der Waals surface area contributed by atoms with E-state index >= 15 is 0 Å². The van der Waals surface area contributed by atoms with Gasteiger partial charge in [-0.25, -0.2) is 0 Å². The number of azo groups is 1. The molecule has 1 aliphatic heterocycles. The van der Waals surface area contributed by atoms with Crippen LogP contribution in [0.25, 0.3) is 0 Å². The number of hydrogen-bond acceptors (Lipinski definition) is 9. The summed E-state index contributed by atoms with van der Waals surface area (Å²) in [5.74, 6) is -1.02. The van der Waals surface area contributed by atoms with Crippen LogP contribution in [-0.4, -0.2) is 47.2 Å². The molecule has 1 aliphatic rings. The summed E-state index contributed by atoms with van der Waals surface area (Å²) in [6.45, 7) is 4.33. The largest absolute Gasteiger partial charge is 0.370 e. The summed E-state index contributed by atoms with van der Waals surface area (Å²) >= 11 is 3.20. The fraction of sp³-hybridized carbons (Fsp3) is 0.185. The Bertz CT molecular complexity index is 1580. The number of carbonyl (C=O) groups is 3. The molecule has 0 unspecified atom stereocenters. The predicted octanol–water partition coefficient (Wildman–Crippen LogP) is 5.73. The summed E-state index contributed by atoms with van der Waals surface area (Å²) in [7, 11) is 0. The van der Waals surface area contributed by atoms with E-state index in [1.54, 1.807) is 42.5 Å². The molecule has 0 bridgehead atoms. The fourth-order valence-corrected chi connectivity index (χ4v) is 4.74. The van der Waals surface area contributed by atoms with Crippen LogP contribution >= 0.6 is 15.9 Å². The molecule has 0 atom stereocenters. The van der Waals surface area contributed by atoms with Gasteiger partial charge in [-0.1, -0.05) is 12.1 Å². The first kappa shape index (κ1) is 28.1. The summed E-state index contributed by atoms with van der Waals surface area (Å²) in [5.41, 5.74) is 1.88. The topological polar surface area (TPSA) is 161 Å². The van der Waals surface area contributed by atoms with Gasteiger partial charge in [0.25, 0.3) is 17.5 Å². The molecule has 3 aromatic carbocycles. The molecule has 0 saturated heterocycles. The van der Waals surface area contributed by atoms with Crippen LogP contribution in [0.2, 0.25) is 0 Å². The van der Waals surface area contributed by atoms with E-state index in [2.05, 4.69) is 31.5 Å². The number of nitriles is 1. The van der Waals surface area contributed by atoms with Crippen molar-refractivity contribution in [1.82, 2.24) is 4.90 Å². The quantitative estimate of drug-likeness (QED) is 0.141. The maximum Gasteiger partial charge on any atom is 0.272 e. The predicted molar refractivity (Wildman–Crippen MR) is 150 cm³/mol. The molecule has 4 rings (SSSR count). The molecule has 0 saturated carbocycles. The second kappa shape index (κ2) is 11.8. The van der Waals surface area contributed by atoms with Gasteiger partial charge in [0.1, 0.15) is 17.4 Å². The highest BCUT2D eigenvalue weighted by Gasteiger charge is 2.35. The number of non-ortho nitro benzene ring substituents is 1. The van der Waals surface area contributed by atoms with E-state index in [0.717, 1.165) is 6.07 Å². The first-order chi connectivity index (χ1) is 19.1. The van der Waals surface area contributed by atoms with Crippen molar-refractivity contribution in [2.45, 2.75) is 13.8 Å². The van der Waals surface area contributed by atoms with Crippen molar-refractivity contribution in [1.29, 1.82) is 5.26 Å². The van der Waals surface area contributed by atoms with Crippen molar-refractivity contribution < 1.29 is 19.3 Å². The molecule has 0 spiro atoms. The Morgan fingerprint density at radius 2 is 1.80 bits per heavy atom. The number of nitrogens with zero attached hydrogens (tertiary/aromatic N) is 6. The molecule has 0 aliphatic carbocycles. The Hall–Kier alpha value is -4.96. The molecule has 1 N–H and O–H groups in total. The lowest BCUT2D eigenvalue weighted by atomic mass is 10.1. The van der Waals surface area contributed by atoms with Crippen molar-refractivity contribution in [2.24, 2.45) is 10.2 Å². The lowest BCUT2D eigenvalue weighted by molar-refractivity contribution is -0.384. The molecule has 3 aromatic rings. The number of benzene rings is 3. The smallest absolute Gasteiger partial charge is 0.272 e. The summed E-state index contributed by atoms with van der Waals surface area (Å²) in [5, 5.41) is 31.6. The Morgan fingerprint density at radius 1 is 1.12 bits per heavy atom. The first-order valence-corrected chi connectivity index (χ1v) is 12.9. The van der Waals surface area contributed by atoms with Crippen molar-refractivity contribution in [3.63, 3.8) is 0 Å². The Kier molecular flexibility index (Phi) is 8.30. The van der Waals surface area contributed by atoms with E-state index in [-0.39, 0.29) is 51.4 Å². The number of likely N-dealkylation sites (N-methyl/N-ethyl adjacent to an activating group) is 1. The van der Waals surface area contributed by atoms with Gasteiger partial charge in [0.2, 0.25) is 5.91 Å². The van der Waals surface area contributed by atoms with Gasteiger partial charge in [-0.2, -0.15) is 5.26 Å². The van der Waals surface area contributed by atoms with E-state index in [1.165, 1.54) is 17.9 Å². The number of rotatable bonds is 9. The molecular weight excluding hydrogens is 582 g/mol. The molecule has 0 aromatic heterocycles. The van der Waals surface area contributed by atoms with Gasteiger partial charge in [-0.15, -0.1) is 10.2 Å². The maximum absolute atomic E-state index is 12.7. The third kappa shape index (κ3) is 5.71. The summed E-state index contributed by atoms with van der Waals surface area (Å²) in [6.07, 6.45) is 0. The molecule has 202 valence electrons. The number of nitro groups is 1. The highest BCUT2D eigenvalue weighted by atomic mass is 79.9. The van der Waals surface area contributed by atoms with Crippen molar-refractivity contribution >= 4 is 62.1 Å². The van der Waals surface area contributed by atoms with Crippen molar-refractivity contribution in [2.75, 3.05) is 29.9 Å². The van der Waals surface area contributed by atoms with Crippen LogP contribution in [0, 0.1) is 21.4 Å². The molecule has 0 radical (unpaired) electrons. The van der Waals surface area contributed by atoms with Crippen LogP contribution < -0.4 is 10.2 Å². The SMILES string of the molecule is CCN(CCN1C(=O)c2ccccc2C1=O)c1ccc(N=Nc2c(Br)cc([N+](=O)[O-])cc2C#N)c(NC(C)=O)c1. The zero-order valence-electron chi connectivity index (χ0n) is 21.4. The number of fused-ring (bicyclic) bond motifs is 1. The number of nitro benzene ring substituents is 1. The van der Waals surface area contributed by atoms with Crippen LogP contribution in [0.3, 0.4) is 0 Å². The molecule has 1 heterocycles. The third-order valence-electron chi connectivity index (χ3n) is 6.15. The minimum atomic E-state index is -0.617. The van der Waals surface area contributed by atoms with Crippen LogP contribution in [-0.2, 0) is 4.79 Å². The van der Waals surface area contributed by atoms with Gasteiger partial charge in [0, 0.05) is 44.4 Å². The zero-order valence-corrected chi connectivity index (χ0v) is 23.0. The number of halogens is 1. The van der Waals surface area contributed by atoms with Gasteiger partial charge < -0.3 is 10.2 Å². The minimum absolute atomic E-state index is 0.0483. The highest BCUT2D eigenvalue weighted by molar-refractivity contribution is 9.10. The lowest BCUT2D eigenvalue weighted by Crippen LogP contribution is -2.38. The van der Waals surface area contributed by atoms with Crippen LogP contribution in [0.15, 0.2) is 69.3 Å². The van der Waals surface area contributed by atoms with Gasteiger partial charge in [-0.3, -0.25) is 29.4 Å². The number of amides is 3. The minimum Gasteiger partial charge on any atom is -0.370 e. The zero-order chi connectivity index (χ0) is 29.0. The lowest BCUT2D eigenvalue weighted by Gasteiger charge is -2.26. The average molecular weight is 604 g/mol. The summed E-state index contributed by atoms with van der Waals surface area (Å²) in [6, 6.07) is 16.0. The number of anilines is 2. The Morgan fingerprint density at radius 3 is 2.38 bits per heavy atom. The molecule has 3 amide bonds. The third-order valence-corrected chi connectivity index (χ3v) is 6.75. The highest BCUT2D eigenvalue weighted by Crippen LogP contribution is 2.37. The molecular formula is C27H22BrN7O5. The van der Waals surface area contributed by atoms with Crippen LogP contribution in [0.4, 0.5) is 28.4 Å². The van der Waals surface area contributed by atoms with Gasteiger partial charge in [0.15, 0.2) is 0 Å². The van der Waals surface area contributed by atoms with E-state index in [9.17, 15) is 29.8 Å². The van der Waals surface area contributed by atoms with Gasteiger partial charge in [-0.05, 0) is 53.2 Å². The second-order valence-corrected chi connectivity index (χ2v) is 9.52. The molecule has 12 nitrogen and oxygen atoms in total. The monoisotopic (exact) mass is 603 g/mol. The van der Waals surface area contributed by atoms with Crippen molar-refractivity contribution in [3.8, 4) is 6.07 Å². The van der Waals surface area contributed by atoms with Gasteiger partial charge in [0.05, 0.1) is 31.8 Å². The molecule has 13 heteroatoms. The second-order valence-electron chi connectivity index (χ2n) is 8.66. The number of nitrogens with one attached hydrogen (secondary N) is 1. The van der Waals surface area contributed by atoms with Crippen molar-refractivity contribution in [3.05, 3.63) is 85.9 Å². The molecule has 0 fully saturated rings. The standard InChI is InChI=1S/C27H22BrN7O5/c1-3-33(10-11-34-26(37)20-6-4-5-7-21(20)27(34)38)18-8-9-23(24(14-18)30-16(2)36)31-32-25-17(15-29)12-19(35(39)40)13-22(25)28/h4-9,12-14H,3,10-11H2,1-2H3,(H,30,36). The van der Waals surface area contributed by atoms with E-state index in [4.69, 9.17) is 0 Å². The van der Waals surface area contributed by atoms with Gasteiger partial charge >= 0.3 is 0 Å². The fourth-order valence-electron chi connectivity index (χ4n) is 4.21. The van der Waals surface area contributed by atoms with E-state index in [0.29, 0.717) is 35.6 Å². The van der Waals surface area contributed by atoms with Crippen LogP contribution in [0.1, 0.15) is 40.1 Å². The first-order valence-electron chi connectivity index (χ1n) is 12.1. The summed E-state index contributed by atoms with van der Waals surface area (Å²) < 4.78 is 0.213. The van der Waals surface area contributed by atoms with E-state index in [1.807, 2.05) is 17.9 Å². The Labute approximate surface area is 237 Å². The average Bonchev–Trinajstić information content (AvgIpc) is 3.17. The van der Waals surface area contributed by atoms with E-state index < -0.39 is 4.92 Å². The molecule has 40 heavy (non-hydrogen) atoms. The number of carbonyl (C=O) groups excluding carboxylic acids is 3. The Balaban J connectivity index is 1.59.